The lowest BCUT2D eigenvalue weighted by Crippen LogP contribution is -2.46. The molecule has 2 nitrogen and oxygen atoms in total. The largest absolute Gasteiger partial charge is 0.299 e. The van der Waals surface area contributed by atoms with Gasteiger partial charge < -0.3 is 0 Å². The predicted octanol–water partition coefficient (Wildman–Crippen LogP) is 2.20. The standard InChI is InChI=1S/C12H22F2N2/c1-10(2)16-6-3-11(9-16)15-7-4-12(13,14)5-8-15/h10-11H,3-9H2,1-2H3/t11-/m0/s1. The van der Waals surface area contributed by atoms with Gasteiger partial charge in [0.25, 0.3) is 5.92 Å². The zero-order chi connectivity index (χ0) is 11.8. The minimum atomic E-state index is -2.41. The van der Waals surface area contributed by atoms with Crippen molar-refractivity contribution >= 4 is 0 Å². The molecule has 0 saturated carbocycles. The summed E-state index contributed by atoms with van der Waals surface area (Å²) >= 11 is 0. The Morgan fingerprint density at radius 3 is 2.25 bits per heavy atom. The Labute approximate surface area is 96.6 Å². The molecule has 0 bridgehead atoms. The maximum Gasteiger partial charge on any atom is 0.250 e. The molecule has 94 valence electrons. The summed E-state index contributed by atoms with van der Waals surface area (Å²) < 4.78 is 26.1. The summed E-state index contributed by atoms with van der Waals surface area (Å²) in [4.78, 5) is 4.71. The van der Waals surface area contributed by atoms with Crippen LogP contribution >= 0.6 is 0 Å². The molecular formula is C12H22F2N2. The van der Waals surface area contributed by atoms with E-state index < -0.39 is 5.92 Å². The minimum absolute atomic E-state index is 0.0468. The van der Waals surface area contributed by atoms with Crippen molar-refractivity contribution in [1.82, 2.24) is 9.80 Å². The highest BCUT2D eigenvalue weighted by atomic mass is 19.3. The van der Waals surface area contributed by atoms with Gasteiger partial charge in [-0.2, -0.15) is 0 Å². The van der Waals surface area contributed by atoms with Gasteiger partial charge in [-0.25, -0.2) is 8.78 Å². The fourth-order valence-electron chi connectivity index (χ4n) is 2.75. The van der Waals surface area contributed by atoms with Gasteiger partial charge in [0, 0.05) is 51.1 Å². The number of halogens is 2. The van der Waals surface area contributed by atoms with E-state index in [4.69, 9.17) is 0 Å². The van der Waals surface area contributed by atoms with Crippen molar-refractivity contribution in [2.45, 2.75) is 51.1 Å². The molecule has 0 radical (unpaired) electrons. The number of hydrogen-bond donors (Lipinski definition) is 0. The Balaban J connectivity index is 1.82. The molecule has 0 spiro atoms. The number of alkyl halides is 2. The molecule has 0 N–H and O–H groups in total. The van der Waals surface area contributed by atoms with E-state index in [1.54, 1.807) is 0 Å². The van der Waals surface area contributed by atoms with Crippen LogP contribution in [0.25, 0.3) is 0 Å². The topological polar surface area (TPSA) is 6.48 Å². The van der Waals surface area contributed by atoms with Gasteiger partial charge in [0.05, 0.1) is 0 Å². The fraction of sp³-hybridized carbons (Fsp3) is 1.00. The number of piperidine rings is 1. The Kier molecular flexibility index (Phi) is 3.50. The van der Waals surface area contributed by atoms with E-state index in [-0.39, 0.29) is 12.8 Å². The number of hydrogen-bond acceptors (Lipinski definition) is 2. The Hall–Kier alpha value is -0.220. The Morgan fingerprint density at radius 2 is 1.75 bits per heavy atom. The third-order valence-electron chi connectivity index (χ3n) is 3.97. The summed E-state index contributed by atoms with van der Waals surface area (Å²) in [5, 5.41) is 0. The maximum absolute atomic E-state index is 13.0. The van der Waals surface area contributed by atoms with Crippen molar-refractivity contribution in [3.63, 3.8) is 0 Å². The molecule has 4 heteroatoms. The quantitative estimate of drug-likeness (QED) is 0.720. The van der Waals surface area contributed by atoms with Crippen LogP contribution in [0.5, 0.6) is 0 Å². The molecule has 2 aliphatic rings. The molecule has 0 aliphatic carbocycles. The smallest absolute Gasteiger partial charge is 0.250 e. The molecule has 1 atom stereocenters. The molecule has 2 aliphatic heterocycles. The summed E-state index contributed by atoms with van der Waals surface area (Å²) in [6, 6.07) is 1.09. The lowest BCUT2D eigenvalue weighted by atomic mass is 10.0. The predicted molar refractivity (Wildman–Crippen MR) is 60.9 cm³/mol. The summed E-state index contributed by atoms with van der Waals surface area (Å²) in [6.07, 6.45) is 1.24. The van der Waals surface area contributed by atoms with Crippen molar-refractivity contribution in [3.8, 4) is 0 Å². The maximum atomic E-state index is 13.0. The monoisotopic (exact) mass is 232 g/mol. The lowest BCUT2D eigenvalue weighted by Gasteiger charge is -2.36. The summed E-state index contributed by atoms with van der Waals surface area (Å²) in [5.41, 5.74) is 0. The van der Waals surface area contributed by atoms with E-state index in [9.17, 15) is 8.78 Å². The molecule has 2 rings (SSSR count). The van der Waals surface area contributed by atoms with Crippen molar-refractivity contribution in [1.29, 1.82) is 0 Å². The van der Waals surface area contributed by atoms with Gasteiger partial charge in [-0.05, 0) is 20.3 Å². The zero-order valence-electron chi connectivity index (χ0n) is 10.3. The van der Waals surface area contributed by atoms with Gasteiger partial charge in [-0.15, -0.1) is 0 Å². The first-order chi connectivity index (χ1) is 7.48. The highest BCUT2D eigenvalue weighted by Gasteiger charge is 2.38. The molecule has 2 fully saturated rings. The van der Waals surface area contributed by atoms with Crippen LogP contribution in [0.2, 0.25) is 0 Å². The second kappa shape index (κ2) is 4.57. The first-order valence-corrected chi connectivity index (χ1v) is 6.34. The van der Waals surface area contributed by atoms with E-state index in [2.05, 4.69) is 23.6 Å². The molecule has 2 heterocycles. The van der Waals surface area contributed by atoms with Gasteiger partial charge in [0.2, 0.25) is 0 Å². The highest BCUT2D eigenvalue weighted by molar-refractivity contribution is 4.88. The third kappa shape index (κ3) is 2.72. The van der Waals surface area contributed by atoms with Gasteiger partial charge in [0.1, 0.15) is 0 Å². The molecular weight excluding hydrogens is 210 g/mol. The third-order valence-corrected chi connectivity index (χ3v) is 3.97. The average molecular weight is 232 g/mol. The van der Waals surface area contributed by atoms with Crippen LogP contribution in [0, 0.1) is 0 Å². The molecule has 0 aromatic rings. The SMILES string of the molecule is CC(C)N1CC[C@H](N2CCC(F)(F)CC2)C1. The first kappa shape index (κ1) is 12.2. The fourth-order valence-corrected chi connectivity index (χ4v) is 2.75. The zero-order valence-corrected chi connectivity index (χ0v) is 10.3. The van der Waals surface area contributed by atoms with Crippen LogP contribution in [0.15, 0.2) is 0 Å². The molecule has 0 aromatic heterocycles. The molecule has 0 amide bonds. The van der Waals surface area contributed by atoms with Crippen molar-refractivity contribution < 1.29 is 8.78 Å². The van der Waals surface area contributed by atoms with Gasteiger partial charge >= 0.3 is 0 Å². The van der Waals surface area contributed by atoms with E-state index in [1.807, 2.05) is 0 Å². The van der Waals surface area contributed by atoms with Crippen molar-refractivity contribution in [2.24, 2.45) is 0 Å². The first-order valence-electron chi connectivity index (χ1n) is 6.34. The van der Waals surface area contributed by atoms with Crippen LogP contribution in [-0.4, -0.2) is 54.0 Å². The Bertz CT molecular complexity index is 233. The van der Waals surface area contributed by atoms with Crippen LogP contribution in [-0.2, 0) is 0 Å². The van der Waals surface area contributed by atoms with Crippen molar-refractivity contribution in [2.75, 3.05) is 26.2 Å². The van der Waals surface area contributed by atoms with Crippen LogP contribution < -0.4 is 0 Å². The van der Waals surface area contributed by atoms with Crippen LogP contribution in [0.3, 0.4) is 0 Å². The van der Waals surface area contributed by atoms with Crippen LogP contribution in [0.4, 0.5) is 8.78 Å². The highest BCUT2D eigenvalue weighted by Crippen LogP contribution is 2.30. The second-order valence-corrected chi connectivity index (χ2v) is 5.42. The second-order valence-electron chi connectivity index (χ2n) is 5.42. The number of nitrogens with zero attached hydrogens (tertiary/aromatic N) is 2. The van der Waals surface area contributed by atoms with Gasteiger partial charge in [0.15, 0.2) is 0 Å². The average Bonchev–Trinajstić information content (AvgIpc) is 2.66. The van der Waals surface area contributed by atoms with E-state index >= 15 is 0 Å². The van der Waals surface area contributed by atoms with E-state index in [0.29, 0.717) is 25.2 Å². The van der Waals surface area contributed by atoms with Crippen molar-refractivity contribution in [3.05, 3.63) is 0 Å². The van der Waals surface area contributed by atoms with Gasteiger partial charge in [-0.1, -0.05) is 0 Å². The Morgan fingerprint density at radius 1 is 1.12 bits per heavy atom. The molecule has 16 heavy (non-hydrogen) atoms. The number of likely N-dealkylation sites (tertiary alicyclic amines) is 2. The normalized spacial score (nSPS) is 32.4. The summed E-state index contributed by atoms with van der Waals surface area (Å²) in [7, 11) is 0. The van der Waals surface area contributed by atoms with Gasteiger partial charge in [-0.3, -0.25) is 9.80 Å². The van der Waals surface area contributed by atoms with E-state index in [1.165, 1.54) is 0 Å². The number of rotatable bonds is 2. The molecule has 0 aromatic carbocycles. The molecule has 0 unspecified atom stereocenters. The minimum Gasteiger partial charge on any atom is -0.299 e. The summed E-state index contributed by atoms with van der Waals surface area (Å²) in [5.74, 6) is -2.41. The summed E-state index contributed by atoms with van der Waals surface area (Å²) in [6.45, 7) is 7.73. The van der Waals surface area contributed by atoms with Crippen LogP contribution in [0.1, 0.15) is 33.1 Å². The van der Waals surface area contributed by atoms with E-state index in [0.717, 1.165) is 19.5 Å². The lowest BCUT2D eigenvalue weighted by molar-refractivity contribution is -0.0622. The molecule has 2 saturated heterocycles.